The molecule has 0 bridgehead atoms. The molecule has 0 radical (unpaired) electrons. The maximum atomic E-state index is 12.9. The number of carbonyl (C=O) groups excluding carboxylic acids is 3. The minimum Gasteiger partial charge on any atom is -0.462 e. The maximum Gasteiger partial charge on any atom is 0.306 e. The smallest absolute Gasteiger partial charge is 0.306 e. The third-order valence-electron chi connectivity index (χ3n) is 14.4. The summed E-state index contributed by atoms with van der Waals surface area (Å²) >= 11 is 0. The van der Waals surface area contributed by atoms with E-state index in [1.54, 1.807) is 0 Å². The highest BCUT2D eigenvalue weighted by Gasteiger charge is 2.19. The summed E-state index contributed by atoms with van der Waals surface area (Å²) in [6, 6.07) is 0. The molecule has 1 unspecified atom stereocenters. The number of allylic oxidation sites excluding steroid dienone is 22. The van der Waals surface area contributed by atoms with Crippen LogP contribution in [-0.4, -0.2) is 37.2 Å². The number of esters is 3. The Morgan fingerprint density at radius 2 is 0.488 bits per heavy atom. The lowest BCUT2D eigenvalue weighted by Gasteiger charge is -2.18. The molecular weight excluding hydrogens is 1010 g/mol. The van der Waals surface area contributed by atoms with E-state index in [0.29, 0.717) is 19.3 Å². The molecule has 0 amide bonds. The largest absolute Gasteiger partial charge is 0.462 e. The van der Waals surface area contributed by atoms with Crippen molar-refractivity contribution in [1.29, 1.82) is 0 Å². The van der Waals surface area contributed by atoms with Gasteiger partial charge in [-0.25, -0.2) is 0 Å². The lowest BCUT2D eigenvalue weighted by Crippen LogP contribution is -2.30. The monoisotopic (exact) mass is 1130 g/mol. The number of rotatable bonds is 61. The number of hydrogen-bond donors (Lipinski definition) is 0. The van der Waals surface area contributed by atoms with Gasteiger partial charge in [-0.2, -0.15) is 0 Å². The molecule has 1 atom stereocenters. The molecule has 0 aromatic heterocycles. The zero-order valence-corrected chi connectivity index (χ0v) is 53.5. The lowest BCUT2D eigenvalue weighted by molar-refractivity contribution is -0.167. The Labute approximate surface area is 506 Å². The van der Waals surface area contributed by atoms with E-state index in [2.05, 4.69) is 154 Å². The predicted octanol–water partition coefficient (Wildman–Crippen LogP) is 23.7. The molecule has 0 aliphatic carbocycles. The second kappa shape index (κ2) is 69.0. The normalized spacial score (nSPS) is 13.0. The van der Waals surface area contributed by atoms with E-state index in [4.69, 9.17) is 14.2 Å². The SMILES string of the molecule is CC/C=C\C/C=C\C/C=C\C/C=C\C/C=C\CCCC(=O)OCC(COC(=O)CCCCCCCCCCCCCCCCCC/C=C\C/C=C\C/C=C\C/C=C\CC)OC(=O)CCCCCCCCC/C=C\C/C=C\CCCCCC. The van der Waals surface area contributed by atoms with Crippen molar-refractivity contribution in [3.8, 4) is 0 Å². The molecule has 0 fully saturated rings. The summed E-state index contributed by atoms with van der Waals surface area (Å²) in [6.45, 7) is 6.36. The molecule has 0 aromatic carbocycles. The van der Waals surface area contributed by atoms with Crippen LogP contribution in [-0.2, 0) is 28.6 Å². The van der Waals surface area contributed by atoms with E-state index in [1.807, 2.05) is 0 Å². The van der Waals surface area contributed by atoms with Gasteiger partial charge in [0.25, 0.3) is 0 Å². The van der Waals surface area contributed by atoms with Crippen molar-refractivity contribution in [1.82, 2.24) is 0 Å². The van der Waals surface area contributed by atoms with Gasteiger partial charge in [-0.15, -0.1) is 0 Å². The summed E-state index contributed by atoms with van der Waals surface area (Å²) in [6.07, 6.45) is 97.6. The van der Waals surface area contributed by atoms with Gasteiger partial charge in [0, 0.05) is 19.3 Å². The zero-order valence-electron chi connectivity index (χ0n) is 53.5. The maximum absolute atomic E-state index is 12.9. The standard InChI is InChI=1S/C76H126O6/c1-4-7-10-13-16-19-22-25-28-31-33-34-35-36-37-38-39-40-41-42-43-46-48-51-54-57-60-63-66-69-75(78)81-72-73(71-80-74(77)68-65-62-59-56-53-50-47-44-30-27-24-21-18-15-12-9-6-3)82-76(79)70-67-64-61-58-55-52-49-45-32-29-26-23-20-17-14-11-8-5-2/h7,9-10,12,16,18-21,23,25,27-30,32-34,47,50,56,59,73H,4-6,8,11,13-15,17,22,24,26,31,35-46,48-49,51-55,57-58,60-72H2,1-3H3/b10-7-,12-9-,19-16-,21-18-,23-20-,28-25-,30-27-,32-29-,34-33-,50-47-,59-56-. The second-order valence-corrected chi connectivity index (χ2v) is 22.3. The molecule has 466 valence electrons. The van der Waals surface area contributed by atoms with Gasteiger partial charge in [-0.1, -0.05) is 296 Å². The first kappa shape index (κ1) is 77.5. The molecule has 6 nitrogen and oxygen atoms in total. The van der Waals surface area contributed by atoms with Crippen molar-refractivity contribution >= 4 is 17.9 Å². The molecule has 0 saturated carbocycles. The van der Waals surface area contributed by atoms with E-state index < -0.39 is 6.10 Å². The molecule has 0 heterocycles. The van der Waals surface area contributed by atoms with Crippen molar-refractivity contribution in [3.63, 3.8) is 0 Å². The van der Waals surface area contributed by atoms with Crippen molar-refractivity contribution in [2.24, 2.45) is 0 Å². The van der Waals surface area contributed by atoms with Crippen LogP contribution < -0.4 is 0 Å². The van der Waals surface area contributed by atoms with Crippen molar-refractivity contribution in [2.75, 3.05) is 13.2 Å². The highest BCUT2D eigenvalue weighted by atomic mass is 16.6. The summed E-state index contributed by atoms with van der Waals surface area (Å²) in [7, 11) is 0. The summed E-state index contributed by atoms with van der Waals surface area (Å²) in [5.74, 6) is -0.962. The minimum absolute atomic E-state index is 0.101. The third kappa shape index (κ3) is 66.4. The molecule has 0 saturated heterocycles. The van der Waals surface area contributed by atoms with Gasteiger partial charge in [0.15, 0.2) is 6.10 Å². The second-order valence-electron chi connectivity index (χ2n) is 22.3. The predicted molar refractivity (Wildman–Crippen MR) is 357 cm³/mol. The van der Waals surface area contributed by atoms with Gasteiger partial charge >= 0.3 is 17.9 Å². The van der Waals surface area contributed by atoms with Crippen molar-refractivity contribution in [2.45, 2.75) is 316 Å². The average Bonchev–Trinajstić information content (AvgIpc) is 3.47. The summed E-state index contributed by atoms with van der Waals surface area (Å²) in [5, 5.41) is 0. The van der Waals surface area contributed by atoms with Gasteiger partial charge in [-0.05, 0) is 128 Å². The Bertz CT molecular complexity index is 1730. The van der Waals surface area contributed by atoms with Crippen LogP contribution in [0.5, 0.6) is 0 Å². The first-order valence-corrected chi connectivity index (χ1v) is 34.2. The summed E-state index contributed by atoms with van der Waals surface area (Å²) in [4.78, 5) is 38.4. The lowest BCUT2D eigenvalue weighted by atomic mass is 10.0. The molecule has 0 N–H and O–H groups in total. The van der Waals surface area contributed by atoms with E-state index >= 15 is 0 Å². The van der Waals surface area contributed by atoms with Crippen molar-refractivity contribution < 1.29 is 28.6 Å². The molecule has 82 heavy (non-hydrogen) atoms. The number of hydrogen-bond acceptors (Lipinski definition) is 6. The van der Waals surface area contributed by atoms with Crippen LogP contribution in [0.25, 0.3) is 0 Å². The van der Waals surface area contributed by atoms with E-state index in [-0.39, 0.29) is 37.5 Å². The van der Waals surface area contributed by atoms with Crippen LogP contribution in [0.2, 0.25) is 0 Å². The molecule has 0 aliphatic rings. The van der Waals surface area contributed by atoms with Gasteiger partial charge in [-0.3, -0.25) is 14.4 Å². The van der Waals surface area contributed by atoms with E-state index in [1.165, 1.54) is 148 Å². The fourth-order valence-corrected chi connectivity index (χ4v) is 9.32. The molecular formula is C76H126O6. The van der Waals surface area contributed by atoms with Gasteiger partial charge in [0.05, 0.1) is 0 Å². The van der Waals surface area contributed by atoms with Crippen LogP contribution in [0.3, 0.4) is 0 Å². The average molecular weight is 1140 g/mol. The molecule has 0 aliphatic heterocycles. The number of unbranched alkanes of at least 4 members (excludes halogenated alkanes) is 28. The highest BCUT2D eigenvalue weighted by Crippen LogP contribution is 2.16. The first-order valence-electron chi connectivity index (χ1n) is 34.2. The van der Waals surface area contributed by atoms with Crippen LogP contribution in [0, 0.1) is 0 Å². The Morgan fingerprint density at radius 3 is 0.793 bits per heavy atom. The fourth-order valence-electron chi connectivity index (χ4n) is 9.32. The minimum atomic E-state index is -0.810. The molecule has 6 heteroatoms. The Kier molecular flexibility index (Phi) is 65.3. The first-order chi connectivity index (χ1) is 40.5. The molecule has 0 aromatic rings. The van der Waals surface area contributed by atoms with E-state index in [0.717, 1.165) is 116 Å². The Hall–Kier alpha value is -4.45. The van der Waals surface area contributed by atoms with Crippen LogP contribution >= 0.6 is 0 Å². The van der Waals surface area contributed by atoms with Gasteiger partial charge in [0.2, 0.25) is 0 Å². The highest BCUT2D eigenvalue weighted by molar-refractivity contribution is 5.71. The summed E-state index contributed by atoms with van der Waals surface area (Å²) in [5.41, 5.74) is 0. The molecule has 0 rings (SSSR count). The van der Waals surface area contributed by atoms with Crippen LogP contribution in [0.15, 0.2) is 134 Å². The molecule has 0 spiro atoms. The summed E-state index contributed by atoms with van der Waals surface area (Å²) < 4.78 is 16.9. The fraction of sp³-hybridized carbons (Fsp3) is 0.671. The third-order valence-corrected chi connectivity index (χ3v) is 14.4. The number of carbonyl (C=O) groups is 3. The number of ether oxygens (including phenoxy) is 3. The van der Waals surface area contributed by atoms with Crippen LogP contribution in [0.4, 0.5) is 0 Å². The van der Waals surface area contributed by atoms with E-state index in [9.17, 15) is 14.4 Å². The Morgan fingerprint density at radius 1 is 0.256 bits per heavy atom. The van der Waals surface area contributed by atoms with Crippen LogP contribution in [0.1, 0.15) is 310 Å². The zero-order chi connectivity index (χ0) is 59.2. The Balaban J connectivity index is 4.36. The topological polar surface area (TPSA) is 78.9 Å². The van der Waals surface area contributed by atoms with Gasteiger partial charge in [0.1, 0.15) is 13.2 Å². The van der Waals surface area contributed by atoms with Crippen molar-refractivity contribution in [3.05, 3.63) is 134 Å². The van der Waals surface area contributed by atoms with Gasteiger partial charge < -0.3 is 14.2 Å². The quantitative estimate of drug-likeness (QED) is 0.0261.